The number of rotatable bonds is 7. The molecule has 2 aromatic heterocycles. The van der Waals surface area contributed by atoms with Gasteiger partial charge in [-0.25, -0.2) is 4.79 Å². The number of hydrogen-bond donors (Lipinski definition) is 3. The quantitative estimate of drug-likeness (QED) is 0.364. The minimum atomic E-state index is -1.05. The monoisotopic (exact) mass is 508 g/mol. The first-order valence-electron chi connectivity index (χ1n) is 12.3. The number of thiophene rings is 1. The summed E-state index contributed by atoms with van der Waals surface area (Å²) < 4.78 is 0. The zero-order valence-electron chi connectivity index (χ0n) is 21.0. The van der Waals surface area contributed by atoms with Crippen LogP contribution in [0.2, 0.25) is 0 Å². The molecule has 0 saturated heterocycles. The summed E-state index contributed by atoms with van der Waals surface area (Å²) in [5, 5.41) is 19.5. The summed E-state index contributed by atoms with van der Waals surface area (Å²) in [5.41, 5.74) is 2.96. The fourth-order valence-corrected chi connectivity index (χ4v) is 5.65. The number of nitrogens with zero attached hydrogens (tertiary/aromatic N) is 2. The fraction of sp³-hybridized carbons (Fsp3) is 0.407. The number of nitrogens with one attached hydrogen (secondary N) is 2. The second kappa shape index (κ2) is 10.7. The van der Waals surface area contributed by atoms with Gasteiger partial charge in [-0.3, -0.25) is 14.7 Å². The van der Waals surface area contributed by atoms with Gasteiger partial charge in [-0.2, -0.15) is 5.10 Å². The predicted octanol–water partition coefficient (Wildman–Crippen LogP) is 5.96. The van der Waals surface area contributed by atoms with Gasteiger partial charge in [0.15, 0.2) is 5.69 Å². The molecule has 0 radical (unpaired) electrons. The van der Waals surface area contributed by atoms with Crippen LogP contribution in [0.3, 0.4) is 0 Å². The van der Waals surface area contributed by atoms with Crippen molar-refractivity contribution < 1.29 is 19.5 Å². The molecular weight excluding hydrogens is 476 g/mol. The molecule has 0 spiro atoms. The van der Waals surface area contributed by atoms with Gasteiger partial charge in [-0.05, 0) is 82.2 Å². The predicted molar refractivity (Wildman–Crippen MR) is 142 cm³/mol. The summed E-state index contributed by atoms with van der Waals surface area (Å²) in [4.78, 5) is 40.6. The number of hydrogen-bond acceptors (Lipinski definition) is 5. The van der Waals surface area contributed by atoms with Crippen LogP contribution in [-0.4, -0.2) is 39.1 Å². The largest absolute Gasteiger partial charge is 0.477 e. The van der Waals surface area contributed by atoms with Crippen molar-refractivity contribution in [1.29, 1.82) is 0 Å². The van der Waals surface area contributed by atoms with Gasteiger partial charge in [0.1, 0.15) is 4.88 Å². The number of anilines is 2. The van der Waals surface area contributed by atoms with E-state index in [2.05, 4.69) is 22.4 Å². The molecule has 3 aromatic rings. The summed E-state index contributed by atoms with van der Waals surface area (Å²) in [6, 6.07) is 10.5. The van der Waals surface area contributed by atoms with E-state index in [1.165, 1.54) is 0 Å². The minimum absolute atomic E-state index is 0.00964. The lowest BCUT2D eigenvalue weighted by molar-refractivity contribution is -0.123. The Labute approximate surface area is 214 Å². The van der Waals surface area contributed by atoms with Crippen LogP contribution in [0.4, 0.5) is 11.4 Å². The molecule has 1 saturated carbocycles. The van der Waals surface area contributed by atoms with Gasteiger partial charge in [0.2, 0.25) is 5.91 Å². The van der Waals surface area contributed by atoms with Crippen molar-refractivity contribution in [3.8, 4) is 10.4 Å². The third-order valence-electron chi connectivity index (χ3n) is 6.65. The smallest absolute Gasteiger partial charge is 0.348 e. The van der Waals surface area contributed by atoms with Crippen LogP contribution in [0.25, 0.3) is 10.4 Å². The average molecular weight is 509 g/mol. The van der Waals surface area contributed by atoms with E-state index in [9.17, 15) is 19.5 Å². The van der Waals surface area contributed by atoms with Crippen molar-refractivity contribution in [3.05, 3.63) is 52.7 Å². The SMILES string of the molecule is Cc1cc(C(=O)Nc2ccc(-c3cc(N(C(=O)[C@H]4CC[C@H](C)CC4)C(C)C)c(C(=O)O)s3)cc2)n[nH]1. The number of amides is 2. The van der Waals surface area contributed by atoms with Crippen molar-refractivity contribution in [2.75, 3.05) is 10.2 Å². The second-order valence-electron chi connectivity index (χ2n) is 9.86. The Kier molecular flexibility index (Phi) is 7.59. The number of benzene rings is 1. The van der Waals surface area contributed by atoms with Gasteiger partial charge in [-0.1, -0.05) is 19.1 Å². The van der Waals surface area contributed by atoms with E-state index in [0.717, 1.165) is 53.2 Å². The van der Waals surface area contributed by atoms with Crippen LogP contribution in [0.1, 0.15) is 72.3 Å². The first kappa shape index (κ1) is 25.6. The lowest BCUT2D eigenvalue weighted by atomic mass is 9.82. The summed E-state index contributed by atoms with van der Waals surface area (Å²) in [6.07, 6.45) is 3.72. The highest BCUT2D eigenvalue weighted by Gasteiger charge is 2.33. The molecule has 0 unspecified atom stereocenters. The van der Waals surface area contributed by atoms with Crippen LogP contribution in [-0.2, 0) is 4.79 Å². The van der Waals surface area contributed by atoms with E-state index in [1.807, 2.05) is 32.9 Å². The van der Waals surface area contributed by atoms with Crippen molar-refractivity contribution in [3.63, 3.8) is 0 Å². The number of carboxylic acid groups (broad SMARTS) is 1. The van der Waals surface area contributed by atoms with Gasteiger partial charge in [-0.15, -0.1) is 11.3 Å². The average Bonchev–Trinajstić information content (AvgIpc) is 3.47. The Bertz CT molecular complexity index is 1250. The van der Waals surface area contributed by atoms with Crippen LogP contribution < -0.4 is 10.2 Å². The number of aromatic nitrogens is 2. The summed E-state index contributed by atoms with van der Waals surface area (Å²) >= 11 is 1.16. The molecule has 1 aliphatic rings. The van der Waals surface area contributed by atoms with E-state index in [4.69, 9.17) is 0 Å². The minimum Gasteiger partial charge on any atom is -0.477 e. The molecule has 8 nitrogen and oxygen atoms in total. The summed E-state index contributed by atoms with van der Waals surface area (Å²) in [7, 11) is 0. The molecule has 2 amide bonds. The number of carbonyl (C=O) groups is 3. The van der Waals surface area contributed by atoms with Gasteiger partial charge in [0.05, 0.1) is 5.69 Å². The molecule has 190 valence electrons. The topological polar surface area (TPSA) is 115 Å². The lowest BCUT2D eigenvalue weighted by Gasteiger charge is -2.33. The van der Waals surface area contributed by atoms with Gasteiger partial charge < -0.3 is 15.3 Å². The Hall–Kier alpha value is -3.46. The third kappa shape index (κ3) is 5.51. The maximum absolute atomic E-state index is 13.5. The van der Waals surface area contributed by atoms with Gasteiger partial charge in [0.25, 0.3) is 5.91 Å². The number of aryl methyl sites for hydroxylation is 1. The van der Waals surface area contributed by atoms with E-state index >= 15 is 0 Å². The first-order chi connectivity index (χ1) is 17.1. The van der Waals surface area contributed by atoms with Crippen LogP contribution in [0.5, 0.6) is 0 Å². The molecule has 1 aromatic carbocycles. The molecule has 4 rings (SSSR count). The standard InChI is InChI=1S/C27H32N4O4S/c1-15(2)31(26(33)19-7-5-16(3)6-8-19)22-14-23(36-24(22)27(34)35)18-9-11-20(12-10-18)28-25(32)21-13-17(4)29-30-21/h9-16,19H,5-8H2,1-4H3,(H,28,32)(H,29,30)(H,34,35)/t16-,19-. The summed E-state index contributed by atoms with van der Waals surface area (Å²) in [6.45, 7) is 7.88. The zero-order valence-corrected chi connectivity index (χ0v) is 21.8. The Morgan fingerprint density at radius 3 is 2.33 bits per heavy atom. The van der Waals surface area contributed by atoms with Gasteiger partial charge >= 0.3 is 5.97 Å². The number of aromatic carboxylic acids is 1. The van der Waals surface area contributed by atoms with Crippen LogP contribution in [0, 0.1) is 18.8 Å². The van der Waals surface area contributed by atoms with Crippen LogP contribution >= 0.6 is 11.3 Å². The molecule has 9 heteroatoms. The highest BCUT2D eigenvalue weighted by molar-refractivity contribution is 7.18. The van der Waals surface area contributed by atoms with Crippen molar-refractivity contribution in [2.24, 2.45) is 11.8 Å². The lowest BCUT2D eigenvalue weighted by Crippen LogP contribution is -2.42. The second-order valence-corrected chi connectivity index (χ2v) is 10.9. The fourth-order valence-electron chi connectivity index (χ4n) is 4.66. The molecule has 0 bridgehead atoms. The van der Waals surface area contributed by atoms with E-state index < -0.39 is 5.97 Å². The third-order valence-corrected chi connectivity index (χ3v) is 7.81. The molecule has 0 atom stereocenters. The van der Waals surface area contributed by atoms with E-state index in [0.29, 0.717) is 23.0 Å². The molecular formula is C27H32N4O4S. The molecule has 0 aliphatic heterocycles. The van der Waals surface area contributed by atoms with E-state index in [1.54, 1.807) is 29.2 Å². The molecule has 1 fully saturated rings. The maximum Gasteiger partial charge on any atom is 0.348 e. The highest BCUT2D eigenvalue weighted by Crippen LogP contribution is 2.40. The first-order valence-corrected chi connectivity index (χ1v) is 13.1. The Morgan fingerprint density at radius 2 is 1.78 bits per heavy atom. The Balaban J connectivity index is 1.58. The number of carboxylic acids is 1. The molecule has 36 heavy (non-hydrogen) atoms. The van der Waals surface area contributed by atoms with Gasteiger partial charge in [0, 0.05) is 28.2 Å². The van der Waals surface area contributed by atoms with Crippen molar-refractivity contribution in [1.82, 2.24) is 10.2 Å². The molecule has 2 heterocycles. The number of aromatic amines is 1. The number of H-pyrrole nitrogens is 1. The summed E-state index contributed by atoms with van der Waals surface area (Å²) in [5.74, 6) is -0.803. The zero-order chi connectivity index (χ0) is 26.0. The number of carbonyl (C=O) groups excluding carboxylic acids is 2. The highest BCUT2D eigenvalue weighted by atomic mass is 32.1. The van der Waals surface area contributed by atoms with Crippen molar-refractivity contribution >= 4 is 40.5 Å². The Morgan fingerprint density at radius 1 is 1.11 bits per heavy atom. The molecule has 1 aliphatic carbocycles. The molecule has 3 N–H and O–H groups in total. The van der Waals surface area contributed by atoms with Crippen molar-refractivity contribution in [2.45, 2.75) is 59.4 Å². The maximum atomic E-state index is 13.5. The normalized spacial score (nSPS) is 17.7. The van der Waals surface area contributed by atoms with Crippen LogP contribution in [0.15, 0.2) is 36.4 Å². The van der Waals surface area contributed by atoms with E-state index in [-0.39, 0.29) is 28.7 Å².